The highest BCUT2D eigenvalue weighted by Crippen LogP contribution is 2.30. The van der Waals surface area contributed by atoms with Crippen LogP contribution in [-0.4, -0.2) is 11.6 Å². The predicted molar refractivity (Wildman–Crippen MR) is 58.6 cm³/mol. The molecule has 1 aromatic rings. The highest BCUT2D eigenvalue weighted by molar-refractivity contribution is 5.86. The van der Waals surface area contributed by atoms with Gasteiger partial charge in [0.25, 0.3) is 0 Å². The zero-order valence-corrected chi connectivity index (χ0v) is 10.2. The van der Waals surface area contributed by atoms with Crippen LogP contribution in [0.25, 0.3) is 6.08 Å². The number of furan rings is 1. The van der Waals surface area contributed by atoms with Crippen molar-refractivity contribution in [1.82, 2.24) is 0 Å². The summed E-state index contributed by atoms with van der Waals surface area (Å²) in [5.74, 6) is -1.81. The van der Waals surface area contributed by atoms with Gasteiger partial charge in [0, 0.05) is 6.08 Å². The summed E-state index contributed by atoms with van der Waals surface area (Å²) in [6, 6.07) is 1.93. The molecular formula is C12H13F3O3. The first-order valence-electron chi connectivity index (χ1n) is 5.16. The quantitative estimate of drug-likeness (QED) is 0.603. The van der Waals surface area contributed by atoms with E-state index < -0.39 is 23.5 Å². The van der Waals surface area contributed by atoms with E-state index in [0.717, 1.165) is 24.3 Å². The Hall–Kier alpha value is -1.72. The fourth-order valence-electron chi connectivity index (χ4n) is 1.08. The molecule has 0 amide bonds. The van der Waals surface area contributed by atoms with Gasteiger partial charge < -0.3 is 9.15 Å². The lowest BCUT2D eigenvalue weighted by Gasteiger charge is -2.17. The Balaban J connectivity index is 2.68. The number of hydrogen-bond acceptors (Lipinski definition) is 3. The molecule has 0 spiro atoms. The van der Waals surface area contributed by atoms with Crippen LogP contribution in [0, 0.1) is 0 Å². The normalized spacial score (nSPS) is 13.0. The number of alkyl halides is 3. The number of carbonyl (C=O) groups is 1. The maximum Gasteiger partial charge on any atom is 0.449 e. The van der Waals surface area contributed by atoms with Crippen LogP contribution in [-0.2, 0) is 15.7 Å². The van der Waals surface area contributed by atoms with Crippen molar-refractivity contribution in [2.24, 2.45) is 0 Å². The Bertz CT molecular complexity index is 450. The third-order valence-electron chi connectivity index (χ3n) is 1.70. The molecule has 1 aromatic heterocycles. The highest BCUT2D eigenvalue weighted by atomic mass is 19.4. The van der Waals surface area contributed by atoms with Crippen LogP contribution in [0.15, 0.2) is 22.6 Å². The fourth-order valence-corrected chi connectivity index (χ4v) is 1.08. The molecular weight excluding hydrogens is 249 g/mol. The Morgan fingerprint density at radius 3 is 2.33 bits per heavy atom. The van der Waals surface area contributed by atoms with Gasteiger partial charge in [-0.15, -0.1) is 0 Å². The molecule has 0 fully saturated rings. The molecule has 0 saturated carbocycles. The van der Waals surface area contributed by atoms with Gasteiger partial charge in [-0.1, -0.05) is 0 Å². The van der Waals surface area contributed by atoms with E-state index in [1.54, 1.807) is 20.8 Å². The van der Waals surface area contributed by atoms with Crippen LogP contribution in [0.3, 0.4) is 0 Å². The summed E-state index contributed by atoms with van der Waals surface area (Å²) in [5.41, 5.74) is -0.651. The smallest absolute Gasteiger partial charge is 0.449 e. The second-order valence-electron chi connectivity index (χ2n) is 4.57. The summed E-state index contributed by atoms with van der Waals surface area (Å²) in [5, 5.41) is 0. The molecule has 0 atom stereocenters. The minimum Gasteiger partial charge on any atom is -0.457 e. The van der Waals surface area contributed by atoms with Gasteiger partial charge in [-0.05, 0) is 39.0 Å². The summed E-state index contributed by atoms with van der Waals surface area (Å²) < 4.78 is 46.1. The summed E-state index contributed by atoms with van der Waals surface area (Å²) in [7, 11) is 0. The van der Waals surface area contributed by atoms with Crippen LogP contribution < -0.4 is 0 Å². The highest BCUT2D eigenvalue weighted by Gasteiger charge is 2.34. The average Bonchev–Trinajstić information content (AvgIpc) is 2.59. The van der Waals surface area contributed by atoms with Gasteiger partial charge in [-0.25, -0.2) is 4.79 Å². The van der Waals surface area contributed by atoms with E-state index in [9.17, 15) is 18.0 Å². The first-order valence-corrected chi connectivity index (χ1v) is 5.16. The Kier molecular flexibility index (Phi) is 3.88. The standard InChI is InChI=1S/C12H13F3O3/c1-11(2,3)18-10(16)7-5-8-4-6-9(17-8)12(13,14)15/h4-7H,1-3H3. The molecule has 1 rings (SSSR count). The number of carbonyl (C=O) groups excluding carboxylic acids is 1. The lowest BCUT2D eigenvalue weighted by Crippen LogP contribution is -2.22. The van der Waals surface area contributed by atoms with Crippen LogP contribution >= 0.6 is 0 Å². The van der Waals surface area contributed by atoms with Crippen molar-refractivity contribution >= 4 is 12.0 Å². The van der Waals surface area contributed by atoms with Gasteiger partial charge in [-0.3, -0.25) is 0 Å². The van der Waals surface area contributed by atoms with Crippen molar-refractivity contribution in [2.75, 3.05) is 0 Å². The molecule has 0 radical (unpaired) electrons. The van der Waals surface area contributed by atoms with Crippen LogP contribution in [0.1, 0.15) is 32.3 Å². The molecule has 0 bridgehead atoms. The van der Waals surface area contributed by atoms with Gasteiger partial charge in [0.2, 0.25) is 5.76 Å². The number of ether oxygens (including phenoxy) is 1. The molecule has 18 heavy (non-hydrogen) atoms. The van der Waals surface area contributed by atoms with Crippen LogP contribution in [0.2, 0.25) is 0 Å². The summed E-state index contributed by atoms with van der Waals surface area (Å²) >= 11 is 0. The Labute approximate surface area is 102 Å². The van der Waals surface area contributed by atoms with E-state index in [1.165, 1.54) is 0 Å². The number of esters is 1. The molecule has 0 saturated heterocycles. The first kappa shape index (κ1) is 14.3. The van der Waals surface area contributed by atoms with Crippen molar-refractivity contribution in [3.05, 3.63) is 29.7 Å². The largest absolute Gasteiger partial charge is 0.457 e. The lowest BCUT2D eigenvalue weighted by atomic mass is 10.2. The molecule has 6 heteroatoms. The van der Waals surface area contributed by atoms with Crippen molar-refractivity contribution in [2.45, 2.75) is 32.5 Å². The van der Waals surface area contributed by atoms with Gasteiger partial charge in [0.15, 0.2) is 0 Å². The molecule has 0 aromatic carbocycles. The molecule has 0 aliphatic heterocycles. The van der Waals surface area contributed by atoms with Crippen molar-refractivity contribution in [1.29, 1.82) is 0 Å². The first-order chi connectivity index (χ1) is 8.08. The molecule has 0 unspecified atom stereocenters. The van der Waals surface area contributed by atoms with Crippen LogP contribution in [0.4, 0.5) is 13.2 Å². The Morgan fingerprint density at radius 1 is 1.28 bits per heavy atom. The lowest BCUT2D eigenvalue weighted by molar-refractivity contribution is -0.153. The summed E-state index contributed by atoms with van der Waals surface area (Å²) in [6.07, 6.45) is -2.38. The third-order valence-corrected chi connectivity index (χ3v) is 1.70. The summed E-state index contributed by atoms with van der Waals surface area (Å²) in [6.45, 7) is 5.06. The van der Waals surface area contributed by atoms with Gasteiger partial charge in [-0.2, -0.15) is 13.2 Å². The monoisotopic (exact) mass is 262 g/mol. The number of hydrogen-bond donors (Lipinski definition) is 0. The van der Waals surface area contributed by atoms with Crippen LogP contribution in [0.5, 0.6) is 0 Å². The van der Waals surface area contributed by atoms with E-state index in [0.29, 0.717) is 0 Å². The van der Waals surface area contributed by atoms with Gasteiger partial charge >= 0.3 is 12.1 Å². The van der Waals surface area contributed by atoms with E-state index in [2.05, 4.69) is 4.42 Å². The maximum atomic E-state index is 12.2. The van der Waals surface area contributed by atoms with Gasteiger partial charge in [0.05, 0.1) is 0 Å². The Morgan fingerprint density at radius 2 is 1.89 bits per heavy atom. The van der Waals surface area contributed by atoms with E-state index >= 15 is 0 Å². The topological polar surface area (TPSA) is 39.4 Å². The molecule has 0 aliphatic rings. The van der Waals surface area contributed by atoms with Crippen molar-refractivity contribution in [3.8, 4) is 0 Å². The average molecular weight is 262 g/mol. The van der Waals surface area contributed by atoms with E-state index in [1.807, 2.05) is 0 Å². The molecule has 0 aliphatic carbocycles. The second-order valence-corrected chi connectivity index (χ2v) is 4.57. The van der Waals surface area contributed by atoms with E-state index in [-0.39, 0.29) is 5.76 Å². The van der Waals surface area contributed by atoms with Gasteiger partial charge in [0.1, 0.15) is 11.4 Å². The zero-order chi connectivity index (χ0) is 14.0. The molecule has 100 valence electrons. The second kappa shape index (κ2) is 4.88. The predicted octanol–water partition coefficient (Wildman–Crippen LogP) is 3.65. The summed E-state index contributed by atoms with van der Waals surface area (Å²) in [4.78, 5) is 11.3. The molecule has 0 N–H and O–H groups in total. The molecule has 3 nitrogen and oxygen atoms in total. The third kappa shape index (κ3) is 4.65. The maximum absolute atomic E-state index is 12.2. The zero-order valence-electron chi connectivity index (χ0n) is 10.2. The van der Waals surface area contributed by atoms with Crippen molar-refractivity contribution < 1.29 is 27.1 Å². The fraction of sp³-hybridized carbons (Fsp3) is 0.417. The SMILES string of the molecule is CC(C)(C)OC(=O)C=Cc1ccc(C(F)(F)F)o1. The minimum absolute atomic E-state index is 0.0619. The minimum atomic E-state index is -4.53. The molecule has 1 heterocycles. The van der Waals surface area contributed by atoms with E-state index in [4.69, 9.17) is 4.74 Å². The van der Waals surface area contributed by atoms with Crippen molar-refractivity contribution in [3.63, 3.8) is 0 Å². The number of halogens is 3. The number of rotatable bonds is 2.